The number of benzene rings is 1. The van der Waals surface area contributed by atoms with E-state index in [1.165, 1.54) is 0 Å². The lowest BCUT2D eigenvalue weighted by molar-refractivity contribution is 0.167. The van der Waals surface area contributed by atoms with E-state index in [2.05, 4.69) is 6.07 Å². The smallest absolute Gasteiger partial charge is 0.125 e. The molecule has 0 saturated carbocycles. The van der Waals surface area contributed by atoms with Gasteiger partial charge in [0, 0.05) is 12.0 Å². The Morgan fingerprint density at radius 1 is 1.35 bits per heavy atom. The largest absolute Gasteiger partial charge is 0.493 e. The van der Waals surface area contributed by atoms with Crippen LogP contribution in [0.5, 0.6) is 5.75 Å². The molecule has 1 rings (SSSR count). The van der Waals surface area contributed by atoms with Gasteiger partial charge < -0.3 is 9.84 Å². The minimum absolute atomic E-state index is 0.467. The Balaban J connectivity index is 2.50. The highest BCUT2D eigenvalue weighted by atomic mass is 16.5. The highest BCUT2D eigenvalue weighted by molar-refractivity contribution is 5.34. The van der Waals surface area contributed by atoms with Crippen molar-refractivity contribution in [3.63, 3.8) is 0 Å². The fourth-order valence-corrected chi connectivity index (χ4v) is 1.60. The van der Waals surface area contributed by atoms with Gasteiger partial charge in [-0.2, -0.15) is 5.26 Å². The van der Waals surface area contributed by atoms with Gasteiger partial charge >= 0.3 is 0 Å². The minimum atomic E-state index is -0.467. The summed E-state index contributed by atoms with van der Waals surface area (Å²) in [5, 5.41) is 18.2. The van der Waals surface area contributed by atoms with Crippen LogP contribution in [-0.4, -0.2) is 11.7 Å². The molecule has 1 N–H and O–H groups in total. The Labute approximate surface area is 103 Å². The number of aliphatic hydroxyl groups excluding tert-OH is 1. The van der Waals surface area contributed by atoms with Crippen LogP contribution in [0.3, 0.4) is 0 Å². The normalized spacial score (nSPS) is 11.8. The number of hydrogen-bond acceptors (Lipinski definition) is 3. The van der Waals surface area contributed by atoms with Gasteiger partial charge in [0.05, 0.1) is 18.8 Å². The molecular weight excluding hydrogens is 214 g/mol. The summed E-state index contributed by atoms with van der Waals surface area (Å²) in [7, 11) is 0. The Hall–Kier alpha value is -1.53. The summed E-state index contributed by atoms with van der Waals surface area (Å²) in [6.07, 6.45) is 2.50. The van der Waals surface area contributed by atoms with Gasteiger partial charge in [0.1, 0.15) is 5.75 Å². The second-order valence-electron chi connectivity index (χ2n) is 3.93. The van der Waals surface area contributed by atoms with Gasteiger partial charge in [-0.05, 0) is 25.3 Å². The minimum Gasteiger partial charge on any atom is -0.493 e. The van der Waals surface area contributed by atoms with E-state index in [9.17, 15) is 5.11 Å². The summed E-state index contributed by atoms with van der Waals surface area (Å²) in [5.41, 5.74) is 0.843. The summed E-state index contributed by atoms with van der Waals surface area (Å²) in [5.74, 6) is 0.749. The number of ether oxygens (including phenoxy) is 1. The molecule has 0 saturated heterocycles. The number of unbranched alkanes of at least 4 members (excludes halogenated alkanes) is 2. The molecule has 0 spiro atoms. The van der Waals surface area contributed by atoms with Gasteiger partial charge in [-0.1, -0.05) is 25.1 Å². The van der Waals surface area contributed by atoms with Gasteiger partial charge in [-0.15, -0.1) is 0 Å². The number of para-hydroxylation sites is 1. The van der Waals surface area contributed by atoms with Crippen LogP contribution in [-0.2, 0) is 0 Å². The van der Waals surface area contributed by atoms with Crippen molar-refractivity contribution >= 4 is 0 Å². The Morgan fingerprint density at radius 3 is 2.82 bits per heavy atom. The molecule has 1 unspecified atom stereocenters. The first kappa shape index (κ1) is 13.5. The van der Waals surface area contributed by atoms with E-state index in [0.29, 0.717) is 19.4 Å². The van der Waals surface area contributed by atoms with Gasteiger partial charge in [0.25, 0.3) is 0 Å². The van der Waals surface area contributed by atoms with Crippen molar-refractivity contribution in [1.29, 1.82) is 5.26 Å². The Bertz CT molecular complexity index is 371. The summed E-state index contributed by atoms with van der Waals surface area (Å²) in [4.78, 5) is 0. The van der Waals surface area contributed by atoms with Crippen molar-refractivity contribution in [2.24, 2.45) is 0 Å². The molecule has 0 aliphatic rings. The van der Waals surface area contributed by atoms with Crippen molar-refractivity contribution < 1.29 is 9.84 Å². The zero-order valence-corrected chi connectivity index (χ0v) is 10.2. The van der Waals surface area contributed by atoms with Crippen LogP contribution < -0.4 is 4.74 Å². The third kappa shape index (κ3) is 4.46. The van der Waals surface area contributed by atoms with Crippen LogP contribution in [0.15, 0.2) is 24.3 Å². The maximum absolute atomic E-state index is 9.83. The second-order valence-corrected chi connectivity index (χ2v) is 3.93. The van der Waals surface area contributed by atoms with Crippen molar-refractivity contribution in [2.75, 3.05) is 6.61 Å². The van der Waals surface area contributed by atoms with E-state index in [1.54, 1.807) is 0 Å². The van der Waals surface area contributed by atoms with E-state index >= 15 is 0 Å². The number of nitriles is 1. The molecule has 92 valence electrons. The average Bonchev–Trinajstić information content (AvgIpc) is 2.38. The molecular formula is C14H19NO2. The molecule has 0 aromatic heterocycles. The van der Waals surface area contributed by atoms with Crippen molar-refractivity contribution in [3.05, 3.63) is 29.8 Å². The third-order valence-electron chi connectivity index (χ3n) is 2.61. The predicted molar refractivity (Wildman–Crippen MR) is 66.7 cm³/mol. The lowest BCUT2D eigenvalue weighted by Crippen LogP contribution is -2.03. The van der Waals surface area contributed by atoms with Crippen LogP contribution in [0.1, 0.15) is 44.3 Å². The Kier molecular flexibility index (Phi) is 6.13. The van der Waals surface area contributed by atoms with Crippen LogP contribution in [0.4, 0.5) is 0 Å². The molecule has 0 aliphatic heterocycles. The molecule has 1 atom stereocenters. The van der Waals surface area contributed by atoms with Gasteiger partial charge in [0.15, 0.2) is 0 Å². The molecule has 0 radical (unpaired) electrons. The number of aliphatic hydroxyl groups is 1. The molecule has 0 aliphatic carbocycles. The second kappa shape index (κ2) is 7.70. The molecule has 1 aromatic carbocycles. The van der Waals surface area contributed by atoms with Crippen molar-refractivity contribution in [1.82, 2.24) is 0 Å². The SMILES string of the molecule is CCC(O)c1ccccc1OCCCCC#N. The van der Waals surface area contributed by atoms with Gasteiger partial charge in [0.2, 0.25) is 0 Å². The summed E-state index contributed by atoms with van der Waals surface area (Å²) >= 11 is 0. The van der Waals surface area contributed by atoms with Gasteiger partial charge in [-0.25, -0.2) is 0 Å². The number of rotatable bonds is 7. The van der Waals surface area contributed by atoms with Crippen LogP contribution >= 0.6 is 0 Å². The first-order valence-electron chi connectivity index (χ1n) is 6.06. The fraction of sp³-hybridized carbons (Fsp3) is 0.500. The molecule has 0 fully saturated rings. The van der Waals surface area contributed by atoms with Crippen molar-refractivity contribution in [3.8, 4) is 11.8 Å². The first-order chi connectivity index (χ1) is 8.29. The highest BCUT2D eigenvalue weighted by Gasteiger charge is 2.10. The number of hydrogen-bond donors (Lipinski definition) is 1. The summed E-state index contributed by atoms with van der Waals surface area (Å²) in [6, 6.07) is 9.67. The van der Waals surface area contributed by atoms with E-state index < -0.39 is 6.10 Å². The lowest BCUT2D eigenvalue weighted by atomic mass is 10.1. The molecule has 3 heteroatoms. The maximum Gasteiger partial charge on any atom is 0.125 e. The summed E-state index contributed by atoms with van der Waals surface area (Å²) < 4.78 is 5.64. The average molecular weight is 233 g/mol. The molecule has 17 heavy (non-hydrogen) atoms. The fourth-order valence-electron chi connectivity index (χ4n) is 1.60. The van der Waals surface area contributed by atoms with Crippen LogP contribution in [0.25, 0.3) is 0 Å². The molecule has 3 nitrogen and oxygen atoms in total. The van der Waals surface area contributed by atoms with Crippen molar-refractivity contribution in [2.45, 2.75) is 38.7 Å². The maximum atomic E-state index is 9.83. The van der Waals surface area contributed by atoms with Gasteiger partial charge in [-0.3, -0.25) is 0 Å². The molecule has 0 heterocycles. The van der Waals surface area contributed by atoms with E-state index in [4.69, 9.17) is 10.00 Å². The van der Waals surface area contributed by atoms with E-state index in [0.717, 1.165) is 24.2 Å². The molecule has 0 bridgehead atoms. The Morgan fingerprint density at radius 2 is 2.12 bits per heavy atom. The number of nitrogens with zero attached hydrogens (tertiary/aromatic N) is 1. The highest BCUT2D eigenvalue weighted by Crippen LogP contribution is 2.26. The first-order valence-corrected chi connectivity index (χ1v) is 6.06. The van der Waals surface area contributed by atoms with Crippen LogP contribution in [0, 0.1) is 11.3 Å². The summed E-state index contributed by atoms with van der Waals surface area (Å²) in [6.45, 7) is 2.53. The quantitative estimate of drug-likeness (QED) is 0.736. The third-order valence-corrected chi connectivity index (χ3v) is 2.61. The lowest BCUT2D eigenvalue weighted by Gasteiger charge is -2.14. The van der Waals surface area contributed by atoms with E-state index in [1.807, 2.05) is 31.2 Å². The topological polar surface area (TPSA) is 53.2 Å². The van der Waals surface area contributed by atoms with E-state index in [-0.39, 0.29) is 0 Å². The predicted octanol–water partition coefficient (Wildman–Crippen LogP) is 3.20. The standard InChI is InChI=1S/C14H19NO2/c1-2-13(16)12-8-4-5-9-14(12)17-11-7-3-6-10-15/h4-5,8-9,13,16H,2-3,6-7,11H2,1H3. The zero-order chi connectivity index (χ0) is 12.5. The van der Waals surface area contributed by atoms with Crippen LogP contribution in [0.2, 0.25) is 0 Å². The zero-order valence-electron chi connectivity index (χ0n) is 10.2. The molecule has 0 amide bonds. The molecule has 1 aromatic rings. The monoisotopic (exact) mass is 233 g/mol.